The topological polar surface area (TPSA) is 134 Å². The number of sulfonamides is 1. The van der Waals surface area contributed by atoms with Gasteiger partial charge in [-0.05, 0) is 58.0 Å². The molecule has 1 aromatic carbocycles. The molecule has 1 aliphatic rings. The third-order valence-electron chi connectivity index (χ3n) is 5.41. The number of aromatic nitrogens is 1. The van der Waals surface area contributed by atoms with Crippen LogP contribution in [0.5, 0.6) is 0 Å². The maximum absolute atomic E-state index is 12.8. The first-order valence-corrected chi connectivity index (χ1v) is 13.9. The zero-order chi connectivity index (χ0) is 25.4. The van der Waals surface area contributed by atoms with Crippen LogP contribution in [0, 0.1) is 11.3 Å². The predicted molar refractivity (Wildman–Crippen MR) is 137 cm³/mol. The van der Waals surface area contributed by atoms with Gasteiger partial charge >= 0.3 is 5.97 Å². The first kappa shape index (κ1) is 26.5. The lowest BCUT2D eigenvalue weighted by Crippen LogP contribution is -2.32. The molecule has 3 rings (SSSR count). The summed E-state index contributed by atoms with van der Waals surface area (Å²) in [6.07, 6.45) is 3.68. The number of carbonyl (C=O) groups excluding carboxylic acids is 1. The number of anilines is 2. The second-order valence-electron chi connectivity index (χ2n) is 7.87. The lowest BCUT2D eigenvalue weighted by molar-refractivity contribution is -0.136. The number of thiazole rings is 1. The number of rotatable bonds is 10. The summed E-state index contributed by atoms with van der Waals surface area (Å²) in [6.45, 7) is 6.14. The van der Waals surface area contributed by atoms with Gasteiger partial charge in [-0.15, -0.1) is 11.3 Å². The van der Waals surface area contributed by atoms with Crippen molar-refractivity contribution in [2.75, 3.05) is 42.0 Å². The minimum atomic E-state index is -3.50. The van der Waals surface area contributed by atoms with Crippen LogP contribution in [0.3, 0.4) is 0 Å². The van der Waals surface area contributed by atoms with E-state index in [4.69, 9.17) is 4.74 Å². The summed E-state index contributed by atoms with van der Waals surface area (Å²) in [5.41, 5.74) is 0.402. The van der Waals surface area contributed by atoms with Crippen molar-refractivity contribution in [3.05, 3.63) is 43.8 Å². The molecule has 2 aromatic rings. The molecule has 2 N–H and O–H groups in total. The van der Waals surface area contributed by atoms with Gasteiger partial charge in [0.1, 0.15) is 15.3 Å². The number of ether oxygens (including phenoxy) is 1. The standard InChI is InChI=1S/C23H29N5O5S2/c1-3-28-21(29)20(34-22(28)19(15-24)23(30)33-4-2)16-25-17-8-7-9-18(14-17)26-35(31,32)13-12-27-10-5-6-11-27/h7-9,14,16,25-26H,3-6,10-13H2,1-2H3. The average Bonchev–Trinajstić information content (AvgIpc) is 3.45. The number of carbonyl (C=O) groups is 1. The van der Waals surface area contributed by atoms with Crippen molar-refractivity contribution in [2.45, 2.75) is 33.2 Å². The molecule has 1 fully saturated rings. The SMILES string of the molecule is CCOC(=O)C(C#N)=c1sc(=CNc2cccc(NS(=O)(=O)CCN3CCCC3)c2)c(=O)n1CC. The minimum Gasteiger partial charge on any atom is -0.462 e. The Morgan fingerprint density at radius 3 is 2.63 bits per heavy atom. The van der Waals surface area contributed by atoms with E-state index in [1.54, 1.807) is 38.1 Å². The van der Waals surface area contributed by atoms with E-state index < -0.39 is 16.0 Å². The van der Waals surface area contributed by atoms with E-state index >= 15 is 0 Å². The molecular weight excluding hydrogens is 490 g/mol. The summed E-state index contributed by atoms with van der Waals surface area (Å²) >= 11 is 1.01. The molecule has 0 bridgehead atoms. The van der Waals surface area contributed by atoms with E-state index in [1.165, 1.54) is 10.8 Å². The van der Waals surface area contributed by atoms with Crippen LogP contribution in [0.25, 0.3) is 11.8 Å². The van der Waals surface area contributed by atoms with Gasteiger partial charge in [0.05, 0.1) is 18.0 Å². The largest absolute Gasteiger partial charge is 0.462 e. The van der Waals surface area contributed by atoms with Gasteiger partial charge in [-0.2, -0.15) is 5.26 Å². The van der Waals surface area contributed by atoms with Crippen LogP contribution < -0.4 is 24.8 Å². The molecule has 1 aromatic heterocycles. The first-order valence-electron chi connectivity index (χ1n) is 11.4. The van der Waals surface area contributed by atoms with Crippen LogP contribution in [0.15, 0.2) is 29.1 Å². The Bertz CT molecular complexity index is 1380. The monoisotopic (exact) mass is 519 g/mol. The molecule has 12 heteroatoms. The number of likely N-dealkylation sites (tertiary alicyclic amines) is 1. The zero-order valence-corrected chi connectivity index (χ0v) is 21.4. The zero-order valence-electron chi connectivity index (χ0n) is 19.7. The fraction of sp³-hybridized carbons (Fsp3) is 0.435. The van der Waals surface area contributed by atoms with Crippen LogP contribution in [0.1, 0.15) is 26.7 Å². The van der Waals surface area contributed by atoms with Gasteiger partial charge in [-0.1, -0.05) is 6.07 Å². The van der Waals surface area contributed by atoms with Crippen molar-refractivity contribution >= 4 is 50.5 Å². The quantitative estimate of drug-likeness (QED) is 0.442. The Balaban J connectivity index is 1.81. The molecule has 1 aliphatic heterocycles. The summed E-state index contributed by atoms with van der Waals surface area (Å²) in [7, 11) is -3.50. The maximum atomic E-state index is 12.8. The third-order valence-corrected chi connectivity index (χ3v) is 7.81. The Morgan fingerprint density at radius 2 is 1.97 bits per heavy atom. The van der Waals surface area contributed by atoms with Gasteiger partial charge in [0.25, 0.3) is 5.56 Å². The van der Waals surface area contributed by atoms with Gasteiger partial charge in [-0.25, -0.2) is 13.2 Å². The fourth-order valence-corrected chi connectivity index (χ4v) is 5.85. The number of nitriles is 1. The van der Waals surface area contributed by atoms with E-state index in [0.717, 1.165) is 37.3 Å². The molecule has 35 heavy (non-hydrogen) atoms. The Labute approximate surface area is 208 Å². The first-order chi connectivity index (χ1) is 16.8. The van der Waals surface area contributed by atoms with Crippen LogP contribution >= 0.6 is 11.3 Å². The molecule has 10 nitrogen and oxygen atoms in total. The minimum absolute atomic E-state index is 0.0174. The third kappa shape index (κ3) is 6.94. The molecule has 0 saturated carbocycles. The smallest absolute Gasteiger partial charge is 0.351 e. The van der Waals surface area contributed by atoms with Gasteiger partial charge in [0.15, 0.2) is 5.57 Å². The molecule has 0 aliphatic carbocycles. The number of nitrogens with one attached hydrogen (secondary N) is 2. The number of hydrogen-bond acceptors (Lipinski definition) is 9. The van der Waals surface area contributed by atoms with E-state index in [9.17, 15) is 23.3 Å². The average molecular weight is 520 g/mol. The summed E-state index contributed by atoms with van der Waals surface area (Å²) in [4.78, 5) is 27.1. The Hall–Kier alpha value is -3.14. The molecule has 0 spiro atoms. The second-order valence-corrected chi connectivity index (χ2v) is 10.7. The van der Waals surface area contributed by atoms with Gasteiger partial charge in [0.2, 0.25) is 10.0 Å². The van der Waals surface area contributed by atoms with Gasteiger partial charge in [0, 0.05) is 25.0 Å². The normalized spacial score (nSPS) is 15.5. The summed E-state index contributed by atoms with van der Waals surface area (Å²) in [5.74, 6) is -0.758. The van der Waals surface area contributed by atoms with Gasteiger partial charge < -0.3 is 15.0 Å². The highest BCUT2D eigenvalue weighted by molar-refractivity contribution is 7.92. The molecule has 0 atom stereocenters. The van der Waals surface area contributed by atoms with E-state index in [0.29, 0.717) is 17.9 Å². The highest BCUT2D eigenvalue weighted by atomic mass is 32.2. The van der Waals surface area contributed by atoms with Crippen molar-refractivity contribution in [3.63, 3.8) is 0 Å². The second kappa shape index (κ2) is 12.0. The fourth-order valence-electron chi connectivity index (χ4n) is 3.68. The molecule has 2 heterocycles. The van der Waals surface area contributed by atoms with Crippen molar-refractivity contribution in [3.8, 4) is 6.07 Å². The maximum Gasteiger partial charge on any atom is 0.351 e. The van der Waals surface area contributed by atoms with Crippen molar-refractivity contribution in [2.24, 2.45) is 0 Å². The number of hydrogen-bond donors (Lipinski definition) is 2. The Kier molecular flexibility index (Phi) is 9.08. The number of nitrogens with zero attached hydrogens (tertiary/aromatic N) is 3. The van der Waals surface area contributed by atoms with Crippen LogP contribution in [0.4, 0.5) is 11.4 Å². The van der Waals surface area contributed by atoms with Crippen LogP contribution in [-0.4, -0.2) is 55.8 Å². The Morgan fingerprint density at radius 1 is 1.26 bits per heavy atom. The summed E-state index contributed by atoms with van der Waals surface area (Å²) < 4.78 is 34.4. The highest BCUT2D eigenvalue weighted by Gasteiger charge is 2.17. The lowest BCUT2D eigenvalue weighted by Gasteiger charge is -2.15. The highest BCUT2D eigenvalue weighted by Crippen LogP contribution is 2.17. The van der Waals surface area contributed by atoms with Crippen LogP contribution in [0.2, 0.25) is 0 Å². The molecule has 188 valence electrons. The summed E-state index contributed by atoms with van der Waals surface area (Å²) in [5, 5.41) is 12.4. The molecule has 1 saturated heterocycles. The van der Waals surface area contributed by atoms with Crippen LogP contribution in [-0.2, 0) is 26.1 Å². The van der Waals surface area contributed by atoms with Crippen molar-refractivity contribution in [1.82, 2.24) is 9.47 Å². The summed E-state index contributed by atoms with van der Waals surface area (Å²) in [6, 6.07) is 8.55. The predicted octanol–water partition coefficient (Wildman–Crippen LogP) is 0.855. The number of esters is 1. The molecule has 0 amide bonds. The van der Waals surface area contributed by atoms with Crippen molar-refractivity contribution < 1.29 is 17.9 Å². The van der Waals surface area contributed by atoms with Gasteiger partial charge in [-0.3, -0.25) is 14.1 Å². The lowest BCUT2D eigenvalue weighted by atomic mass is 10.3. The molecular formula is C23H29N5O5S2. The number of benzene rings is 1. The van der Waals surface area contributed by atoms with E-state index in [2.05, 4.69) is 14.9 Å². The van der Waals surface area contributed by atoms with E-state index in [-0.39, 0.29) is 39.2 Å². The molecule has 0 radical (unpaired) electrons. The van der Waals surface area contributed by atoms with E-state index in [1.807, 2.05) is 6.07 Å². The van der Waals surface area contributed by atoms with Crippen molar-refractivity contribution in [1.29, 1.82) is 5.26 Å². The molecule has 0 unspecified atom stereocenters.